The molecular formula is C25H24Cl2FN5O4. The number of anilines is 1. The van der Waals surface area contributed by atoms with Crippen molar-refractivity contribution in [2.24, 2.45) is 0 Å². The highest BCUT2D eigenvalue weighted by atomic mass is 35.5. The van der Waals surface area contributed by atoms with Gasteiger partial charge in [-0.15, -0.1) is 23.2 Å². The SMILES string of the molecule is Cc1n[nH]c(C)c1-c1ccc(NC(=O)[C@H](CCCC(Cl)Cl)NC(=O)c2coc3ccc(O)cc23)nc1F. The van der Waals surface area contributed by atoms with Gasteiger partial charge in [-0.25, -0.2) is 4.98 Å². The number of furan rings is 1. The molecule has 0 aliphatic rings. The predicted octanol–water partition coefficient (Wildman–Crippen LogP) is 5.39. The number of alkyl halides is 2. The van der Waals surface area contributed by atoms with Gasteiger partial charge in [0.1, 0.15) is 34.3 Å². The molecule has 0 aliphatic heterocycles. The van der Waals surface area contributed by atoms with Crippen molar-refractivity contribution >= 4 is 51.8 Å². The number of phenols is 1. The van der Waals surface area contributed by atoms with E-state index in [4.69, 9.17) is 27.6 Å². The number of nitrogens with zero attached hydrogens (tertiary/aromatic N) is 2. The lowest BCUT2D eigenvalue weighted by Gasteiger charge is -2.18. The fourth-order valence-corrected chi connectivity index (χ4v) is 4.33. The van der Waals surface area contributed by atoms with Gasteiger partial charge in [0.2, 0.25) is 11.9 Å². The summed E-state index contributed by atoms with van der Waals surface area (Å²) in [6.45, 7) is 3.52. The molecule has 0 spiro atoms. The first-order valence-electron chi connectivity index (χ1n) is 11.4. The topological polar surface area (TPSA) is 133 Å². The summed E-state index contributed by atoms with van der Waals surface area (Å²) in [6, 6.07) is 6.33. The summed E-state index contributed by atoms with van der Waals surface area (Å²) in [7, 11) is 0. The van der Waals surface area contributed by atoms with Gasteiger partial charge in [0, 0.05) is 22.2 Å². The van der Waals surface area contributed by atoms with Crippen LogP contribution in [0.5, 0.6) is 5.75 Å². The van der Waals surface area contributed by atoms with Gasteiger partial charge in [-0.3, -0.25) is 14.7 Å². The highest BCUT2D eigenvalue weighted by Gasteiger charge is 2.25. The van der Waals surface area contributed by atoms with E-state index in [1.54, 1.807) is 13.8 Å². The molecule has 3 aromatic heterocycles. The molecule has 1 atom stereocenters. The first-order valence-corrected chi connectivity index (χ1v) is 12.3. The molecule has 1 aromatic carbocycles. The zero-order chi connectivity index (χ0) is 26.7. The minimum Gasteiger partial charge on any atom is -0.508 e. The van der Waals surface area contributed by atoms with E-state index in [1.807, 2.05) is 0 Å². The van der Waals surface area contributed by atoms with Crippen molar-refractivity contribution in [2.45, 2.75) is 44.0 Å². The molecule has 2 amide bonds. The third-order valence-electron chi connectivity index (χ3n) is 5.84. The lowest BCUT2D eigenvalue weighted by atomic mass is 10.1. The summed E-state index contributed by atoms with van der Waals surface area (Å²) in [6.07, 6.45) is 2.29. The van der Waals surface area contributed by atoms with Gasteiger partial charge in [-0.2, -0.15) is 9.49 Å². The van der Waals surface area contributed by atoms with Crippen molar-refractivity contribution < 1.29 is 23.5 Å². The van der Waals surface area contributed by atoms with Crippen LogP contribution in [-0.2, 0) is 4.79 Å². The van der Waals surface area contributed by atoms with Gasteiger partial charge in [-0.1, -0.05) is 0 Å². The number of carbonyl (C=O) groups is 2. The number of aromatic amines is 1. The number of pyridine rings is 1. The summed E-state index contributed by atoms with van der Waals surface area (Å²) in [5, 5.41) is 22.3. The van der Waals surface area contributed by atoms with E-state index >= 15 is 0 Å². The Bertz CT molecular complexity index is 1430. The predicted molar refractivity (Wildman–Crippen MR) is 138 cm³/mol. The maximum atomic E-state index is 14.9. The number of hydrogen-bond acceptors (Lipinski definition) is 6. The Balaban J connectivity index is 1.53. The van der Waals surface area contributed by atoms with Crippen LogP contribution in [0.2, 0.25) is 0 Å². The van der Waals surface area contributed by atoms with Crippen molar-refractivity contribution in [3.8, 4) is 16.9 Å². The second-order valence-electron chi connectivity index (χ2n) is 8.51. The molecule has 3 heterocycles. The summed E-state index contributed by atoms with van der Waals surface area (Å²) in [5.74, 6) is -2.01. The number of aryl methyl sites for hydroxylation is 2. The second kappa shape index (κ2) is 11.2. The van der Waals surface area contributed by atoms with Crippen molar-refractivity contribution in [2.75, 3.05) is 5.32 Å². The minimum absolute atomic E-state index is 0.0180. The Labute approximate surface area is 221 Å². The molecule has 37 heavy (non-hydrogen) atoms. The number of rotatable bonds is 9. The molecule has 4 aromatic rings. The molecule has 0 radical (unpaired) electrons. The summed E-state index contributed by atoms with van der Waals surface area (Å²) in [5.41, 5.74) is 2.71. The Morgan fingerprint density at radius 1 is 1.19 bits per heavy atom. The van der Waals surface area contributed by atoms with Crippen molar-refractivity contribution in [1.29, 1.82) is 0 Å². The van der Waals surface area contributed by atoms with Crippen LogP contribution in [-0.4, -0.2) is 43.0 Å². The molecule has 4 rings (SSSR count). The molecule has 0 unspecified atom stereocenters. The van der Waals surface area contributed by atoms with Crippen molar-refractivity contribution in [1.82, 2.24) is 20.5 Å². The third kappa shape index (κ3) is 6.03. The van der Waals surface area contributed by atoms with Gasteiger partial charge < -0.3 is 20.2 Å². The minimum atomic E-state index is -1.01. The number of amides is 2. The number of nitrogens with one attached hydrogen (secondary N) is 3. The molecule has 0 saturated heterocycles. The number of aromatic nitrogens is 3. The Morgan fingerprint density at radius 2 is 1.97 bits per heavy atom. The van der Waals surface area contributed by atoms with Crippen LogP contribution in [0.1, 0.15) is 41.0 Å². The number of fused-ring (bicyclic) bond motifs is 1. The van der Waals surface area contributed by atoms with Crippen LogP contribution in [0.4, 0.5) is 10.2 Å². The van der Waals surface area contributed by atoms with E-state index in [1.165, 1.54) is 36.6 Å². The van der Waals surface area contributed by atoms with Crippen LogP contribution < -0.4 is 10.6 Å². The van der Waals surface area contributed by atoms with Crippen LogP contribution in [0.25, 0.3) is 22.1 Å². The first-order chi connectivity index (χ1) is 17.6. The normalized spacial score (nSPS) is 12.2. The quantitative estimate of drug-likeness (QED) is 0.164. The zero-order valence-electron chi connectivity index (χ0n) is 19.9. The number of phenolic OH excluding ortho intramolecular Hbond substituents is 1. The Hall–Kier alpha value is -3.63. The second-order valence-corrected chi connectivity index (χ2v) is 9.79. The van der Waals surface area contributed by atoms with E-state index < -0.39 is 28.6 Å². The van der Waals surface area contributed by atoms with E-state index in [2.05, 4.69) is 25.8 Å². The molecule has 0 saturated carbocycles. The fraction of sp³-hybridized carbons (Fsp3) is 0.280. The van der Waals surface area contributed by atoms with Crippen molar-refractivity contribution in [3.63, 3.8) is 0 Å². The number of aromatic hydroxyl groups is 1. The molecule has 0 bridgehead atoms. The van der Waals surface area contributed by atoms with E-state index in [0.29, 0.717) is 40.8 Å². The van der Waals surface area contributed by atoms with Gasteiger partial charge in [0.25, 0.3) is 5.91 Å². The van der Waals surface area contributed by atoms with Crippen LogP contribution in [0.3, 0.4) is 0 Å². The molecule has 4 N–H and O–H groups in total. The molecule has 0 aliphatic carbocycles. The Morgan fingerprint density at radius 3 is 2.65 bits per heavy atom. The fourth-order valence-electron chi connectivity index (χ4n) is 4.03. The molecule has 12 heteroatoms. The highest BCUT2D eigenvalue weighted by Crippen LogP contribution is 2.28. The van der Waals surface area contributed by atoms with Gasteiger partial charge in [0.15, 0.2) is 0 Å². The Kier molecular flexibility index (Phi) is 7.99. The third-order valence-corrected chi connectivity index (χ3v) is 6.27. The zero-order valence-corrected chi connectivity index (χ0v) is 21.5. The van der Waals surface area contributed by atoms with E-state index in [9.17, 15) is 19.1 Å². The van der Waals surface area contributed by atoms with Gasteiger partial charge in [0.05, 0.1) is 11.3 Å². The average molecular weight is 548 g/mol. The van der Waals surface area contributed by atoms with Crippen molar-refractivity contribution in [3.05, 3.63) is 59.5 Å². The maximum absolute atomic E-state index is 14.9. The monoisotopic (exact) mass is 547 g/mol. The molecule has 0 fully saturated rings. The number of carbonyl (C=O) groups excluding carboxylic acids is 2. The smallest absolute Gasteiger partial charge is 0.255 e. The van der Waals surface area contributed by atoms with E-state index in [0.717, 1.165) is 0 Å². The van der Waals surface area contributed by atoms with Crippen LogP contribution in [0, 0.1) is 19.8 Å². The summed E-state index contributed by atoms with van der Waals surface area (Å²) in [4.78, 5) is 29.4. The van der Waals surface area contributed by atoms with Crippen LogP contribution in [0.15, 0.2) is 41.0 Å². The lowest BCUT2D eigenvalue weighted by Crippen LogP contribution is -2.44. The number of H-pyrrole nitrogens is 1. The number of hydrogen-bond donors (Lipinski definition) is 4. The number of halogens is 3. The standard InChI is InChI=1S/C25H24Cl2FN5O4/c1-12-22(13(2)33-32-12)15-7-9-21(30-23(15)28)31-25(36)18(4-3-5-20(26)27)29-24(35)17-11-37-19-8-6-14(34)10-16(17)19/h6-11,18,20,34H,3-5H2,1-2H3,(H,29,35)(H,32,33)(H,30,31,36)/t18-/m0/s1. The number of benzene rings is 1. The largest absolute Gasteiger partial charge is 0.508 e. The van der Waals surface area contributed by atoms with E-state index in [-0.39, 0.29) is 29.1 Å². The van der Waals surface area contributed by atoms with Gasteiger partial charge >= 0.3 is 0 Å². The van der Waals surface area contributed by atoms with Gasteiger partial charge in [-0.05, 0) is 63.4 Å². The molecular weight excluding hydrogens is 524 g/mol. The lowest BCUT2D eigenvalue weighted by molar-refractivity contribution is -0.118. The molecule has 9 nitrogen and oxygen atoms in total. The molecule has 194 valence electrons. The summed E-state index contributed by atoms with van der Waals surface area (Å²) < 4.78 is 20.2. The highest BCUT2D eigenvalue weighted by molar-refractivity contribution is 6.44. The first kappa shape index (κ1) is 26.4. The van der Waals surface area contributed by atoms with Crippen LogP contribution >= 0.6 is 23.2 Å². The summed E-state index contributed by atoms with van der Waals surface area (Å²) >= 11 is 11.6. The maximum Gasteiger partial charge on any atom is 0.255 e. The average Bonchev–Trinajstić information content (AvgIpc) is 3.40.